The molecule has 0 aromatic heterocycles. The molecule has 30 heavy (non-hydrogen) atoms. The van der Waals surface area contributed by atoms with Crippen LogP contribution in [0.5, 0.6) is 11.5 Å². The number of ether oxygens (including phenoxy) is 2. The molecule has 0 heterocycles. The first-order valence-electron chi connectivity index (χ1n) is 9.08. The van der Waals surface area contributed by atoms with Crippen LogP contribution >= 0.6 is 46.4 Å². The quantitative estimate of drug-likeness (QED) is 0.348. The minimum atomic E-state index is -0.470. The monoisotopic (exact) mass is 487 g/mol. The summed E-state index contributed by atoms with van der Waals surface area (Å²) in [6.45, 7) is 3.02. The standard InChI is InChI=1S/C22H18Cl4FNO2/c1-2-29-21-8-14(11-28-15-4-6-20(27)19(26)9-15)17(24)10-22(21)30-12-13-3-5-16(23)18(25)7-13/h3-10,28H,2,11-12H2,1H3. The van der Waals surface area contributed by atoms with E-state index < -0.39 is 5.82 Å². The summed E-state index contributed by atoms with van der Waals surface area (Å²) in [5.41, 5.74) is 2.33. The zero-order valence-electron chi connectivity index (χ0n) is 15.9. The van der Waals surface area contributed by atoms with Gasteiger partial charge in [-0.2, -0.15) is 0 Å². The predicted molar refractivity (Wildman–Crippen MR) is 122 cm³/mol. The van der Waals surface area contributed by atoms with Gasteiger partial charge in [0.1, 0.15) is 12.4 Å². The van der Waals surface area contributed by atoms with Crippen LogP contribution < -0.4 is 14.8 Å². The summed E-state index contributed by atoms with van der Waals surface area (Å²) in [5.74, 6) is 0.611. The number of nitrogens with one attached hydrogen (secondary N) is 1. The van der Waals surface area contributed by atoms with Gasteiger partial charge in [0, 0.05) is 23.3 Å². The van der Waals surface area contributed by atoms with Crippen LogP contribution in [0.3, 0.4) is 0 Å². The van der Waals surface area contributed by atoms with E-state index in [2.05, 4.69) is 5.32 Å². The third kappa shape index (κ3) is 5.86. The molecule has 0 aliphatic rings. The van der Waals surface area contributed by atoms with Crippen LogP contribution in [0, 0.1) is 5.82 Å². The van der Waals surface area contributed by atoms with Crippen molar-refractivity contribution < 1.29 is 13.9 Å². The summed E-state index contributed by atoms with van der Waals surface area (Å²) in [7, 11) is 0. The number of anilines is 1. The van der Waals surface area contributed by atoms with Gasteiger partial charge in [-0.25, -0.2) is 4.39 Å². The summed E-state index contributed by atoms with van der Waals surface area (Å²) in [6, 6.07) is 13.2. The average Bonchev–Trinajstić information content (AvgIpc) is 2.72. The fraction of sp³-hybridized carbons (Fsp3) is 0.182. The lowest BCUT2D eigenvalue weighted by atomic mass is 10.2. The highest BCUT2D eigenvalue weighted by atomic mass is 35.5. The van der Waals surface area contributed by atoms with E-state index in [-0.39, 0.29) is 11.6 Å². The Morgan fingerprint density at radius 3 is 2.27 bits per heavy atom. The maximum absolute atomic E-state index is 13.3. The molecule has 0 atom stereocenters. The number of halogens is 5. The Bertz CT molecular complexity index is 1050. The van der Waals surface area contributed by atoms with Crippen molar-refractivity contribution in [1.29, 1.82) is 0 Å². The molecule has 0 unspecified atom stereocenters. The van der Waals surface area contributed by atoms with Gasteiger partial charge in [-0.05, 0) is 54.4 Å². The Morgan fingerprint density at radius 2 is 1.57 bits per heavy atom. The smallest absolute Gasteiger partial charge is 0.163 e. The van der Waals surface area contributed by atoms with Gasteiger partial charge in [0.15, 0.2) is 11.5 Å². The van der Waals surface area contributed by atoms with Crippen molar-refractivity contribution in [3.05, 3.63) is 85.6 Å². The fourth-order valence-corrected chi connectivity index (χ4v) is 3.41. The van der Waals surface area contributed by atoms with Crippen molar-refractivity contribution in [3.8, 4) is 11.5 Å². The van der Waals surface area contributed by atoms with Crippen molar-refractivity contribution in [2.24, 2.45) is 0 Å². The fourth-order valence-electron chi connectivity index (χ4n) is 2.69. The summed E-state index contributed by atoms with van der Waals surface area (Å²) < 4.78 is 24.9. The lowest BCUT2D eigenvalue weighted by Gasteiger charge is -2.16. The molecule has 3 aromatic rings. The highest BCUT2D eigenvalue weighted by Gasteiger charge is 2.12. The Morgan fingerprint density at radius 1 is 0.800 bits per heavy atom. The largest absolute Gasteiger partial charge is 0.490 e. The van der Waals surface area contributed by atoms with Crippen LogP contribution in [0.4, 0.5) is 10.1 Å². The molecule has 3 aromatic carbocycles. The van der Waals surface area contributed by atoms with Gasteiger partial charge >= 0.3 is 0 Å². The first-order valence-corrected chi connectivity index (χ1v) is 10.6. The van der Waals surface area contributed by atoms with Crippen LogP contribution in [0.15, 0.2) is 48.5 Å². The topological polar surface area (TPSA) is 30.5 Å². The summed E-state index contributed by atoms with van der Waals surface area (Å²) in [4.78, 5) is 0. The molecule has 0 saturated carbocycles. The molecule has 0 radical (unpaired) electrons. The lowest BCUT2D eigenvalue weighted by Crippen LogP contribution is -2.04. The van der Waals surface area contributed by atoms with E-state index >= 15 is 0 Å². The molecule has 0 amide bonds. The van der Waals surface area contributed by atoms with E-state index in [0.29, 0.717) is 45.4 Å². The molecule has 0 bridgehead atoms. The molecule has 1 N–H and O–H groups in total. The van der Waals surface area contributed by atoms with Crippen LogP contribution in [-0.2, 0) is 13.2 Å². The van der Waals surface area contributed by atoms with Gasteiger partial charge in [0.2, 0.25) is 0 Å². The van der Waals surface area contributed by atoms with E-state index in [9.17, 15) is 4.39 Å². The summed E-state index contributed by atoms with van der Waals surface area (Å²) >= 11 is 24.3. The second-order valence-corrected chi connectivity index (χ2v) is 7.97. The minimum Gasteiger partial charge on any atom is -0.490 e. The van der Waals surface area contributed by atoms with E-state index in [1.54, 1.807) is 24.3 Å². The zero-order valence-corrected chi connectivity index (χ0v) is 19.0. The molecule has 0 aliphatic carbocycles. The third-order valence-electron chi connectivity index (χ3n) is 4.19. The van der Waals surface area contributed by atoms with Crippen molar-refractivity contribution in [2.45, 2.75) is 20.1 Å². The lowest BCUT2D eigenvalue weighted by molar-refractivity contribution is 0.269. The Labute approximate surface area is 194 Å². The van der Waals surface area contributed by atoms with Crippen molar-refractivity contribution in [1.82, 2.24) is 0 Å². The Balaban J connectivity index is 1.75. The van der Waals surface area contributed by atoms with E-state index in [4.69, 9.17) is 55.9 Å². The first-order chi connectivity index (χ1) is 14.4. The van der Waals surface area contributed by atoms with Gasteiger partial charge in [0.05, 0.1) is 21.7 Å². The van der Waals surface area contributed by atoms with Gasteiger partial charge in [-0.3, -0.25) is 0 Å². The Hall–Kier alpha value is -1.85. The minimum absolute atomic E-state index is 0.0483. The van der Waals surface area contributed by atoms with Gasteiger partial charge < -0.3 is 14.8 Å². The van der Waals surface area contributed by atoms with Crippen molar-refractivity contribution in [3.63, 3.8) is 0 Å². The zero-order chi connectivity index (χ0) is 21.7. The van der Waals surface area contributed by atoms with Crippen molar-refractivity contribution in [2.75, 3.05) is 11.9 Å². The van der Waals surface area contributed by atoms with E-state index in [1.165, 1.54) is 12.1 Å². The predicted octanol–water partition coefficient (Wildman–Crippen LogP) is 8.03. The molecule has 158 valence electrons. The molecule has 0 aliphatic heterocycles. The average molecular weight is 489 g/mol. The number of rotatable bonds is 8. The third-order valence-corrected chi connectivity index (χ3v) is 5.57. The number of benzene rings is 3. The second-order valence-electron chi connectivity index (χ2n) is 6.34. The summed E-state index contributed by atoms with van der Waals surface area (Å²) in [5, 5.41) is 4.67. The molecular formula is C22H18Cl4FNO2. The molecule has 0 spiro atoms. The van der Waals surface area contributed by atoms with Gasteiger partial charge in [0.25, 0.3) is 0 Å². The van der Waals surface area contributed by atoms with Gasteiger partial charge in [-0.15, -0.1) is 0 Å². The molecular weight excluding hydrogens is 471 g/mol. The molecule has 8 heteroatoms. The molecule has 3 nitrogen and oxygen atoms in total. The van der Waals surface area contributed by atoms with E-state index in [0.717, 1.165) is 11.1 Å². The SMILES string of the molecule is CCOc1cc(CNc2ccc(F)c(Cl)c2)c(Cl)cc1OCc1ccc(Cl)c(Cl)c1. The Kier molecular flexibility index (Phi) is 7.95. The van der Waals surface area contributed by atoms with Crippen LogP contribution in [-0.4, -0.2) is 6.61 Å². The first kappa shape index (κ1) is 22.8. The second kappa shape index (κ2) is 10.5. The van der Waals surface area contributed by atoms with Crippen LogP contribution in [0.1, 0.15) is 18.1 Å². The van der Waals surface area contributed by atoms with Crippen LogP contribution in [0.25, 0.3) is 0 Å². The molecule has 3 rings (SSSR count). The summed E-state index contributed by atoms with van der Waals surface area (Å²) in [6.07, 6.45) is 0. The van der Waals surface area contributed by atoms with E-state index in [1.807, 2.05) is 19.1 Å². The van der Waals surface area contributed by atoms with Gasteiger partial charge in [-0.1, -0.05) is 52.5 Å². The van der Waals surface area contributed by atoms with Crippen LogP contribution in [0.2, 0.25) is 20.1 Å². The number of hydrogen-bond donors (Lipinski definition) is 1. The normalized spacial score (nSPS) is 10.7. The highest BCUT2D eigenvalue weighted by Crippen LogP contribution is 2.35. The maximum Gasteiger partial charge on any atom is 0.163 e. The van der Waals surface area contributed by atoms with Crippen molar-refractivity contribution >= 4 is 52.1 Å². The number of hydrogen-bond acceptors (Lipinski definition) is 3. The maximum atomic E-state index is 13.3. The molecule has 0 fully saturated rings. The molecule has 0 saturated heterocycles. The highest BCUT2D eigenvalue weighted by molar-refractivity contribution is 6.42.